The van der Waals surface area contributed by atoms with E-state index >= 15 is 0 Å². The average Bonchev–Trinajstić information content (AvgIpc) is 2.78. The van der Waals surface area contributed by atoms with Gasteiger partial charge in [-0.05, 0) is 60.4 Å². The van der Waals surface area contributed by atoms with E-state index in [9.17, 15) is 9.59 Å². The first-order valence-electron chi connectivity index (χ1n) is 9.57. The van der Waals surface area contributed by atoms with Crippen molar-refractivity contribution in [3.63, 3.8) is 0 Å². The van der Waals surface area contributed by atoms with Crippen molar-refractivity contribution in [2.45, 2.75) is 19.8 Å². The van der Waals surface area contributed by atoms with E-state index in [1.165, 1.54) is 17.8 Å². The van der Waals surface area contributed by atoms with Gasteiger partial charge >= 0.3 is 0 Å². The zero-order valence-corrected chi connectivity index (χ0v) is 16.6. The van der Waals surface area contributed by atoms with Crippen LogP contribution in [0.1, 0.15) is 38.9 Å². The third kappa shape index (κ3) is 5.48. The summed E-state index contributed by atoms with van der Waals surface area (Å²) in [5.74, 6) is -0.494. The lowest BCUT2D eigenvalue weighted by Crippen LogP contribution is -2.29. The highest BCUT2D eigenvalue weighted by Gasteiger charge is 2.15. The summed E-state index contributed by atoms with van der Waals surface area (Å²) < 4.78 is 0. The van der Waals surface area contributed by atoms with Crippen LogP contribution in [-0.2, 0) is 12.8 Å². The van der Waals surface area contributed by atoms with Gasteiger partial charge in [-0.15, -0.1) is 0 Å². The van der Waals surface area contributed by atoms with Crippen molar-refractivity contribution in [3.05, 3.63) is 89.5 Å². The number of aromatic nitrogens is 2. The maximum Gasteiger partial charge on any atom is 0.274 e. The van der Waals surface area contributed by atoms with Crippen molar-refractivity contribution in [1.82, 2.24) is 14.9 Å². The molecule has 2 aromatic heterocycles. The van der Waals surface area contributed by atoms with Crippen LogP contribution in [0.2, 0.25) is 0 Å². The second-order valence-corrected chi connectivity index (χ2v) is 6.77. The van der Waals surface area contributed by atoms with E-state index < -0.39 is 0 Å². The number of pyridine rings is 2. The molecule has 1 aromatic carbocycles. The Morgan fingerprint density at radius 3 is 2.38 bits per heavy atom. The zero-order valence-electron chi connectivity index (χ0n) is 16.6. The fourth-order valence-corrected chi connectivity index (χ4v) is 2.87. The van der Waals surface area contributed by atoms with Gasteiger partial charge in [0.05, 0.1) is 0 Å². The summed E-state index contributed by atoms with van der Waals surface area (Å²) in [6.07, 6.45) is 6.63. The molecule has 2 heterocycles. The van der Waals surface area contributed by atoms with Crippen LogP contribution >= 0.6 is 0 Å². The van der Waals surface area contributed by atoms with Crippen LogP contribution in [0.5, 0.6) is 0 Å². The predicted octanol–water partition coefficient (Wildman–Crippen LogP) is 3.61. The highest BCUT2D eigenvalue weighted by Crippen LogP contribution is 2.12. The largest absolute Gasteiger partial charge is 0.341 e. The third-order valence-corrected chi connectivity index (χ3v) is 4.69. The lowest BCUT2D eigenvalue weighted by Gasteiger charge is -2.17. The molecular weight excluding hydrogens is 364 g/mol. The number of nitrogens with one attached hydrogen (secondary N) is 1. The van der Waals surface area contributed by atoms with Gasteiger partial charge in [0.1, 0.15) is 5.69 Å². The van der Waals surface area contributed by atoms with Crippen molar-refractivity contribution in [1.29, 1.82) is 0 Å². The molecular formula is C23H24N4O2. The summed E-state index contributed by atoms with van der Waals surface area (Å²) >= 11 is 0. The van der Waals surface area contributed by atoms with E-state index in [1.807, 2.05) is 36.4 Å². The summed E-state index contributed by atoms with van der Waals surface area (Å²) in [6, 6.07) is 14.7. The molecule has 0 radical (unpaired) electrons. The van der Waals surface area contributed by atoms with Crippen molar-refractivity contribution in [2.75, 3.05) is 18.9 Å². The number of hydrogen-bond acceptors (Lipinski definition) is 4. The van der Waals surface area contributed by atoms with Gasteiger partial charge in [0.2, 0.25) is 0 Å². The molecule has 0 saturated carbocycles. The van der Waals surface area contributed by atoms with Crippen LogP contribution in [0.15, 0.2) is 67.1 Å². The Balaban J connectivity index is 1.64. The standard InChI is InChI=1S/C23H24N4O2/c1-3-17-4-6-20(7-5-17)26-22(28)21-16-19(10-14-25-21)23(29)27(2)15-11-18-8-12-24-13-9-18/h4-10,12-14,16H,3,11,15H2,1-2H3,(H,26,28). The van der Waals surface area contributed by atoms with Crippen molar-refractivity contribution >= 4 is 17.5 Å². The average molecular weight is 388 g/mol. The third-order valence-electron chi connectivity index (χ3n) is 4.69. The first kappa shape index (κ1) is 20.2. The van der Waals surface area contributed by atoms with Crippen molar-refractivity contribution in [2.24, 2.45) is 0 Å². The summed E-state index contributed by atoms with van der Waals surface area (Å²) in [7, 11) is 1.75. The molecule has 148 valence electrons. The van der Waals surface area contributed by atoms with E-state index in [0.717, 1.165) is 18.4 Å². The first-order chi connectivity index (χ1) is 14.1. The summed E-state index contributed by atoms with van der Waals surface area (Å²) in [5.41, 5.74) is 3.65. The Kier molecular flexibility index (Phi) is 6.68. The Morgan fingerprint density at radius 2 is 1.69 bits per heavy atom. The number of anilines is 1. The first-order valence-corrected chi connectivity index (χ1v) is 9.57. The topological polar surface area (TPSA) is 75.2 Å². The maximum absolute atomic E-state index is 12.7. The van der Waals surface area contributed by atoms with Crippen LogP contribution in [-0.4, -0.2) is 40.3 Å². The van der Waals surface area contributed by atoms with Crippen LogP contribution in [0.3, 0.4) is 0 Å². The Hall–Kier alpha value is -3.54. The molecule has 0 saturated heterocycles. The smallest absolute Gasteiger partial charge is 0.274 e. The van der Waals surface area contributed by atoms with E-state index in [4.69, 9.17) is 0 Å². The molecule has 0 unspecified atom stereocenters. The fraction of sp³-hybridized carbons (Fsp3) is 0.217. The molecule has 0 aliphatic rings. The molecule has 6 heteroatoms. The summed E-state index contributed by atoms with van der Waals surface area (Å²) in [5, 5.41) is 2.82. The lowest BCUT2D eigenvalue weighted by atomic mass is 10.1. The second-order valence-electron chi connectivity index (χ2n) is 6.77. The van der Waals surface area contributed by atoms with Gasteiger partial charge in [-0.25, -0.2) is 0 Å². The number of carbonyl (C=O) groups is 2. The normalized spacial score (nSPS) is 10.4. The minimum Gasteiger partial charge on any atom is -0.341 e. The Labute approximate surface area is 170 Å². The van der Waals surface area contributed by atoms with Gasteiger partial charge in [0, 0.05) is 43.4 Å². The summed E-state index contributed by atoms with van der Waals surface area (Å²) in [6.45, 7) is 2.64. The van der Waals surface area contributed by atoms with Gasteiger partial charge in [0.25, 0.3) is 11.8 Å². The molecule has 0 atom stereocenters. The van der Waals surface area contributed by atoms with E-state index in [0.29, 0.717) is 17.8 Å². The molecule has 3 rings (SSSR count). The van der Waals surface area contributed by atoms with Gasteiger partial charge in [-0.3, -0.25) is 19.6 Å². The minimum absolute atomic E-state index is 0.150. The molecule has 0 bridgehead atoms. The van der Waals surface area contributed by atoms with Gasteiger partial charge < -0.3 is 10.2 Å². The Morgan fingerprint density at radius 1 is 0.966 bits per heavy atom. The van der Waals surface area contributed by atoms with Crippen LogP contribution in [0.4, 0.5) is 5.69 Å². The second kappa shape index (κ2) is 9.59. The van der Waals surface area contributed by atoms with Gasteiger partial charge in [0.15, 0.2) is 0 Å². The quantitative estimate of drug-likeness (QED) is 0.671. The molecule has 0 aliphatic carbocycles. The highest BCUT2D eigenvalue weighted by atomic mass is 16.2. The molecule has 1 N–H and O–H groups in total. The van der Waals surface area contributed by atoms with Gasteiger partial charge in [-0.2, -0.15) is 0 Å². The number of rotatable bonds is 7. The highest BCUT2D eigenvalue weighted by molar-refractivity contribution is 6.04. The predicted molar refractivity (Wildman–Crippen MR) is 113 cm³/mol. The van der Waals surface area contributed by atoms with Crippen LogP contribution in [0.25, 0.3) is 0 Å². The number of benzene rings is 1. The molecule has 2 amide bonds. The summed E-state index contributed by atoms with van der Waals surface area (Å²) in [4.78, 5) is 35.0. The molecule has 0 spiro atoms. The number of aryl methyl sites for hydroxylation is 1. The maximum atomic E-state index is 12.7. The SMILES string of the molecule is CCc1ccc(NC(=O)c2cc(C(=O)N(C)CCc3ccncc3)ccn2)cc1. The number of likely N-dealkylation sites (N-methyl/N-ethyl adjacent to an activating group) is 1. The number of nitrogens with zero attached hydrogens (tertiary/aromatic N) is 3. The monoisotopic (exact) mass is 388 g/mol. The van der Waals surface area contributed by atoms with Crippen LogP contribution in [0, 0.1) is 0 Å². The molecule has 3 aromatic rings. The molecule has 6 nitrogen and oxygen atoms in total. The lowest BCUT2D eigenvalue weighted by molar-refractivity contribution is 0.0796. The zero-order chi connectivity index (χ0) is 20.6. The van der Waals surface area contributed by atoms with E-state index in [1.54, 1.807) is 30.4 Å². The minimum atomic E-state index is -0.344. The van der Waals surface area contributed by atoms with E-state index in [-0.39, 0.29) is 17.5 Å². The number of amides is 2. The van der Waals surface area contributed by atoms with Crippen molar-refractivity contribution in [3.8, 4) is 0 Å². The van der Waals surface area contributed by atoms with Gasteiger partial charge in [-0.1, -0.05) is 19.1 Å². The van der Waals surface area contributed by atoms with Crippen LogP contribution < -0.4 is 5.32 Å². The number of hydrogen-bond donors (Lipinski definition) is 1. The fourth-order valence-electron chi connectivity index (χ4n) is 2.87. The van der Waals surface area contributed by atoms with E-state index in [2.05, 4.69) is 22.2 Å². The number of carbonyl (C=O) groups excluding carboxylic acids is 2. The molecule has 0 aliphatic heterocycles. The molecule has 29 heavy (non-hydrogen) atoms. The Bertz CT molecular complexity index is 972. The van der Waals surface area contributed by atoms with Crippen molar-refractivity contribution < 1.29 is 9.59 Å². The molecule has 0 fully saturated rings.